The molecule has 0 spiro atoms. The lowest BCUT2D eigenvalue weighted by atomic mass is 10.1. The molecule has 4 rings (SSSR count). The second-order valence-corrected chi connectivity index (χ2v) is 11.0. The number of carbonyl (C=O) groups is 3. The van der Waals surface area contributed by atoms with Gasteiger partial charge in [0.05, 0.1) is 17.7 Å². The molecule has 3 amide bonds. The lowest BCUT2D eigenvalue weighted by molar-refractivity contribution is -0.123. The normalized spacial score (nSPS) is 13.9. The predicted octanol–water partition coefficient (Wildman–Crippen LogP) is 5.64. The van der Waals surface area contributed by atoms with Crippen LogP contribution in [0.3, 0.4) is 0 Å². The minimum absolute atomic E-state index is 0.212. The first-order chi connectivity index (χ1) is 18.7. The average molecular weight is 627 g/mol. The topological polar surface area (TPSA) is 97.0 Å². The summed E-state index contributed by atoms with van der Waals surface area (Å²) in [5.41, 5.74) is 6.44. The second kappa shape index (κ2) is 12.5. The molecule has 0 saturated carbocycles. The van der Waals surface area contributed by atoms with Gasteiger partial charge < -0.3 is 14.8 Å². The number of amides is 3. The number of carbonyl (C=O) groups excluding carboxylic acids is 3. The number of nitrogens with one attached hydrogen (secondary N) is 2. The highest BCUT2D eigenvalue weighted by Crippen LogP contribution is 2.34. The molecule has 39 heavy (non-hydrogen) atoms. The lowest BCUT2D eigenvalue weighted by Gasteiger charge is -2.15. The lowest BCUT2D eigenvalue weighted by Crippen LogP contribution is -2.44. The SMILES string of the molecule is COc1cc(C=C2SC(=S)N(NC(=O)c3ccccc3)C2=O)ccc1OCC(=O)Nc1cc(C)c(C)cc1Br. The molecule has 2 N–H and O–H groups in total. The van der Waals surface area contributed by atoms with Crippen LogP contribution < -0.4 is 20.2 Å². The van der Waals surface area contributed by atoms with E-state index in [0.717, 1.165) is 32.4 Å². The van der Waals surface area contributed by atoms with E-state index in [9.17, 15) is 14.4 Å². The van der Waals surface area contributed by atoms with E-state index in [1.807, 2.05) is 26.0 Å². The Kier molecular flexibility index (Phi) is 9.05. The van der Waals surface area contributed by atoms with Gasteiger partial charge >= 0.3 is 0 Å². The van der Waals surface area contributed by atoms with Gasteiger partial charge in [0.2, 0.25) is 0 Å². The summed E-state index contributed by atoms with van der Waals surface area (Å²) in [4.78, 5) is 38.2. The van der Waals surface area contributed by atoms with Gasteiger partial charge in [0.25, 0.3) is 17.7 Å². The highest BCUT2D eigenvalue weighted by atomic mass is 79.9. The number of hydrazine groups is 1. The zero-order valence-corrected chi connectivity index (χ0v) is 24.5. The first-order valence-corrected chi connectivity index (χ1v) is 13.7. The van der Waals surface area contributed by atoms with Crippen LogP contribution in [0.2, 0.25) is 0 Å². The van der Waals surface area contributed by atoms with Gasteiger partial charge in [-0.25, -0.2) is 0 Å². The molecule has 1 fully saturated rings. The zero-order valence-electron chi connectivity index (χ0n) is 21.2. The first-order valence-electron chi connectivity index (χ1n) is 11.7. The molecule has 1 aliphatic heterocycles. The second-order valence-electron chi connectivity index (χ2n) is 8.49. The molecule has 0 aromatic heterocycles. The van der Waals surface area contributed by atoms with Crippen molar-refractivity contribution >= 4 is 73.7 Å². The zero-order chi connectivity index (χ0) is 28.1. The molecule has 1 saturated heterocycles. The summed E-state index contributed by atoms with van der Waals surface area (Å²) in [5.74, 6) is -0.456. The van der Waals surface area contributed by atoms with Gasteiger partial charge in [-0.1, -0.05) is 36.0 Å². The van der Waals surface area contributed by atoms with Crippen molar-refractivity contribution in [3.8, 4) is 11.5 Å². The van der Waals surface area contributed by atoms with Crippen LogP contribution in [0.15, 0.2) is 70.0 Å². The van der Waals surface area contributed by atoms with Gasteiger partial charge in [0.1, 0.15) is 0 Å². The predicted molar refractivity (Wildman–Crippen MR) is 160 cm³/mol. The van der Waals surface area contributed by atoms with Crippen LogP contribution in [0, 0.1) is 13.8 Å². The van der Waals surface area contributed by atoms with Crippen LogP contribution in [0.4, 0.5) is 5.69 Å². The number of hydrogen-bond donors (Lipinski definition) is 2. The van der Waals surface area contributed by atoms with Gasteiger partial charge in [-0.3, -0.25) is 19.8 Å². The van der Waals surface area contributed by atoms with Crippen molar-refractivity contribution < 1.29 is 23.9 Å². The summed E-state index contributed by atoms with van der Waals surface area (Å²) in [6.45, 7) is 3.74. The molecule has 0 bridgehead atoms. The van der Waals surface area contributed by atoms with E-state index >= 15 is 0 Å². The summed E-state index contributed by atoms with van der Waals surface area (Å²) < 4.78 is 12.1. The standard InChI is InChI=1S/C28H24BrN3O5S2/c1-16-11-20(29)21(12-17(16)2)30-25(33)15-37-22-10-9-18(13-23(22)36-3)14-24-27(35)32(28(38)39-24)31-26(34)19-7-5-4-6-8-19/h4-14H,15H2,1-3H3,(H,30,33)(H,31,34). The van der Waals surface area contributed by atoms with Crippen molar-refractivity contribution in [3.05, 3.63) is 92.3 Å². The van der Waals surface area contributed by atoms with E-state index in [4.69, 9.17) is 21.7 Å². The minimum Gasteiger partial charge on any atom is -0.493 e. The molecule has 8 nitrogen and oxygen atoms in total. The number of rotatable bonds is 8. The highest BCUT2D eigenvalue weighted by Gasteiger charge is 2.33. The maximum absolute atomic E-state index is 12.9. The van der Waals surface area contributed by atoms with E-state index in [1.54, 1.807) is 54.6 Å². The molecular formula is C28H24BrN3O5S2. The number of thiocarbonyl (C=S) groups is 1. The van der Waals surface area contributed by atoms with Gasteiger partial charge in [-0.05, 0) is 101 Å². The van der Waals surface area contributed by atoms with Crippen molar-refractivity contribution in [2.24, 2.45) is 0 Å². The molecule has 0 unspecified atom stereocenters. The number of thioether (sulfide) groups is 1. The highest BCUT2D eigenvalue weighted by molar-refractivity contribution is 9.10. The summed E-state index contributed by atoms with van der Waals surface area (Å²) in [5, 5.41) is 3.89. The Morgan fingerprint density at radius 3 is 2.49 bits per heavy atom. The van der Waals surface area contributed by atoms with E-state index in [2.05, 4.69) is 26.7 Å². The molecule has 0 radical (unpaired) electrons. The summed E-state index contributed by atoms with van der Waals surface area (Å²) in [6, 6.07) is 17.4. The number of aryl methyl sites for hydroxylation is 2. The molecule has 200 valence electrons. The van der Waals surface area contributed by atoms with Crippen molar-refractivity contribution in [3.63, 3.8) is 0 Å². The molecule has 3 aromatic carbocycles. The van der Waals surface area contributed by atoms with Crippen LogP contribution in [0.25, 0.3) is 6.08 Å². The van der Waals surface area contributed by atoms with Gasteiger partial charge in [0.15, 0.2) is 22.4 Å². The Labute approximate surface area is 243 Å². The molecule has 0 atom stereocenters. The largest absolute Gasteiger partial charge is 0.493 e. The van der Waals surface area contributed by atoms with E-state index in [1.165, 1.54) is 7.11 Å². The Bertz CT molecular complexity index is 1490. The maximum Gasteiger partial charge on any atom is 0.285 e. The van der Waals surface area contributed by atoms with Crippen molar-refractivity contribution in [1.82, 2.24) is 10.4 Å². The van der Waals surface area contributed by atoms with Gasteiger partial charge in [-0.2, -0.15) is 5.01 Å². The fourth-order valence-electron chi connectivity index (χ4n) is 3.57. The molecular weight excluding hydrogens is 602 g/mol. The third kappa shape index (κ3) is 6.86. The summed E-state index contributed by atoms with van der Waals surface area (Å²) in [7, 11) is 1.48. The minimum atomic E-state index is -0.442. The van der Waals surface area contributed by atoms with Crippen LogP contribution in [0.1, 0.15) is 27.0 Å². The van der Waals surface area contributed by atoms with Crippen molar-refractivity contribution in [2.45, 2.75) is 13.8 Å². The quantitative estimate of drug-likeness (QED) is 0.247. The number of ether oxygens (including phenoxy) is 2. The number of methoxy groups -OCH3 is 1. The molecule has 11 heteroatoms. The van der Waals surface area contributed by atoms with E-state index in [0.29, 0.717) is 33.2 Å². The molecule has 3 aromatic rings. The third-order valence-corrected chi connectivity index (χ3v) is 7.70. The van der Waals surface area contributed by atoms with Crippen LogP contribution in [0.5, 0.6) is 11.5 Å². The molecule has 1 heterocycles. The van der Waals surface area contributed by atoms with Crippen molar-refractivity contribution in [2.75, 3.05) is 19.0 Å². The number of benzene rings is 3. The van der Waals surface area contributed by atoms with Crippen LogP contribution in [-0.2, 0) is 9.59 Å². The Morgan fingerprint density at radius 2 is 1.77 bits per heavy atom. The molecule has 0 aliphatic carbocycles. The number of anilines is 1. The van der Waals surface area contributed by atoms with Crippen molar-refractivity contribution in [1.29, 1.82) is 0 Å². The van der Waals surface area contributed by atoms with Crippen LogP contribution in [-0.4, -0.2) is 40.8 Å². The maximum atomic E-state index is 12.9. The average Bonchev–Trinajstić information content (AvgIpc) is 3.18. The molecule has 1 aliphatic rings. The smallest absolute Gasteiger partial charge is 0.285 e. The monoisotopic (exact) mass is 625 g/mol. The number of hydrogen-bond acceptors (Lipinski definition) is 7. The third-order valence-electron chi connectivity index (χ3n) is 5.74. The Morgan fingerprint density at radius 1 is 1.05 bits per heavy atom. The van der Waals surface area contributed by atoms with E-state index in [-0.39, 0.29) is 16.8 Å². The number of nitrogens with zero attached hydrogens (tertiary/aromatic N) is 1. The Balaban J connectivity index is 1.41. The van der Waals surface area contributed by atoms with Crippen LogP contribution >= 0.6 is 39.9 Å². The van der Waals surface area contributed by atoms with E-state index < -0.39 is 11.8 Å². The fraction of sp³-hybridized carbons (Fsp3) is 0.143. The van der Waals surface area contributed by atoms with Gasteiger partial charge in [-0.15, -0.1) is 0 Å². The fourth-order valence-corrected chi connectivity index (χ4v) is 5.31. The summed E-state index contributed by atoms with van der Waals surface area (Å²) in [6.07, 6.45) is 1.64. The first kappa shape index (κ1) is 28.3. The van der Waals surface area contributed by atoms with Gasteiger partial charge in [0, 0.05) is 10.0 Å². The summed E-state index contributed by atoms with van der Waals surface area (Å²) >= 11 is 9.85. The Hall–Kier alpha value is -3.67. The number of halogens is 1.